The largest absolute Gasteiger partial charge is 0.336 e. The minimum absolute atomic E-state index is 0.0850. The van der Waals surface area contributed by atoms with Crippen LogP contribution in [0.5, 0.6) is 0 Å². The molecule has 110 valence electrons. The van der Waals surface area contributed by atoms with Crippen LogP contribution < -0.4 is 5.32 Å². The normalized spacial score (nSPS) is 22.5. The lowest BCUT2D eigenvalue weighted by molar-refractivity contribution is 0.164. The molecule has 0 bridgehead atoms. The van der Waals surface area contributed by atoms with Crippen LogP contribution in [0.4, 0.5) is 4.79 Å². The van der Waals surface area contributed by atoms with Crippen molar-refractivity contribution in [3.63, 3.8) is 0 Å². The first-order valence-electron chi connectivity index (χ1n) is 6.44. The average Bonchev–Trinajstić information content (AvgIpc) is 2.88. The van der Waals surface area contributed by atoms with Gasteiger partial charge in [0.1, 0.15) is 11.0 Å². The number of hydrogen-bond donors (Lipinski definition) is 1. The highest BCUT2D eigenvalue weighted by atomic mass is 32.2. The summed E-state index contributed by atoms with van der Waals surface area (Å²) in [5, 5.41) is 11.7. The molecule has 21 heavy (non-hydrogen) atoms. The Balaban J connectivity index is 1.90. The molecule has 2 aliphatic heterocycles. The van der Waals surface area contributed by atoms with Gasteiger partial charge in [0.2, 0.25) is 10.0 Å². The molecule has 3 heterocycles. The molecule has 2 aliphatic rings. The highest BCUT2D eigenvalue weighted by molar-refractivity contribution is 7.89. The van der Waals surface area contributed by atoms with Gasteiger partial charge in [-0.1, -0.05) is 0 Å². The Kier molecular flexibility index (Phi) is 3.27. The zero-order chi connectivity index (χ0) is 15.0. The fourth-order valence-corrected chi connectivity index (χ4v) is 4.18. The summed E-state index contributed by atoms with van der Waals surface area (Å²) in [7, 11) is -3.78. The van der Waals surface area contributed by atoms with E-state index in [1.165, 1.54) is 22.6 Å². The highest BCUT2D eigenvalue weighted by Crippen LogP contribution is 2.23. The molecular formula is C12H13N5O3S. The minimum atomic E-state index is -3.78. The number of piperazine rings is 1. The van der Waals surface area contributed by atoms with E-state index in [1.807, 2.05) is 0 Å². The lowest BCUT2D eigenvalue weighted by Crippen LogP contribution is -2.53. The Morgan fingerprint density at radius 1 is 1.43 bits per heavy atom. The Hall–Kier alpha value is -2.18. The molecule has 0 aromatic carbocycles. The molecule has 1 atom stereocenters. The van der Waals surface area contributed by atoms with Crippen LogP contribution in [0.1, 0.15) is 5.69 Å². The van der Waals surface area contributed by atoms with Crippen molar-refractivity contribution in [2.24, 2.45) is 0 Å². The third-order valence-corrected chi connectivity index (χ3v) is 5.59. The quantitative estimate of drug-likeness (QED) is 0.781. The van der Waals surface area contributed by atoms with Crippen LogP contribution in [0.25, 0.3) is 0 Å². The molecule has 1 unspecified atom stereocenters. The van der Waals surface area contributed by atoms with Crippen molar-refractivity contribution in [1.82, 2.24) is 19.5 Å². The van der Waals surface area contributed by atoms with Crippen molar-refractivity contribution < 1.29 is 13.2 Å². The number of sulfonamides is 1. The lowest BCUT2D eigenvalue weighted by atomic mass is 10.2. The van der Waals surface area contributed by atoms with E-state index in [0.717, 1.165) is 0 Å². The van der Waals surface area contributed by atoms with E-state index in [4.69, 9.17) is 5.26 Å². The Morgan fingerprint density at radius 2 is 2.24 bits per heavy atom. The SMILES string of the molecule is N#Cc1ncccc1S(=O)(=O)N1CCN2C(=O)NCC2C1. The summed E-state index contributed by atoms with van der Waals surface area (Å²) in [6, 6.07) is 4.35. The van der Waals surface area contributed by atoms with Crippen molar-refractivity contribution in [2.75, 3.05) is 26.2 Å². The molecule has 1 aromatic rings. The van der Waals surface area contributed by atoms with Crippen LogP contribution in [0, 0.1) is 11.3 Å². The predicted molar refractivity (Wildman–Crippen MR) is 71.6 cm³/mol. The number of fused-ring (bicyclic) bond motifs is 1. The summed E-state index contributed by atoms with van der Waals surface area (Å²) in [6.45, 7) is 1.22. The van der Waals surface area contributed by atoms with E-state index in [0.29, 0.717) is 13.1 Å². The van der Waals surface area contributed by atoms with Gasteiger partial charge in [0.15, 0.2) is 5.69 Å². The fraction of sp³-hybridized carbons (Fsp3) is 0.417. The summed E-state index contributed by atoms with van der Waals surface area (Å²) in [6.07, 6.45) is 1.38. The van der Waals surface area contributed by atoms with Gasteiger partial charge in [-0.15, -0.1) is 0 Å². The lowest BCUT2D eigenvalue weighted by Gasteiger charge is -2.35. The standard InChI is InChI=1S/C12H13N5O3S/c13-6-10-11(2-1-3-14-10)21(19,20)16-4-5-17-9(8-16)7-15-12(17)18/h1-3,9H,4-5,7-8H2,(H,15,18). The van der Waals surface area contributed by atoms with Crippen LogP contribution in [0.3, 0.4) is 0 Å². The van der Waals surface area contributed by atoms with E-state index >= 15 is 0 Å². The molecule has 0 saturated carbocycles. The molecule has 2 saturated heterocycles. The zero-order valence-corrected chi connectivity index (χ0v) is 11.9. The van der Waals surface area contributed by atoms with Crippen LogP contribution in [-0.2, 0) is 10.0 Å². The van der Waals surface area contributed by atoms with Crippen molar-refractivity contribution in [1.29, 1.82) is 5.26 Å². The molecule has 0 aliphatic carbocycles. The summed E-state index contributed by atoms with van der Waals surface area (Å²) in [5.74, 6) is 0. The summed E-state index contributed by atoms with van der Waals surface area (Å²) in [5.41, 5.74) is -0.111. The maximum atomic E-state index is 12.6. The number of rotatable bonds is 2. The van der Waals surface area contributed by atoms with Crippen molar-refractivity contribution in [3.8, 4) is 6.07 Å². The van der Waals surface area contributed by atoms with Crippen LogP contribution in [0.2, 0.25) is 0 Å². The first kappa shape index (κ1) is 13.8. The summed E-state index contributed by atoms with van der Waals surface area (Å²) in [4.78, 5) is 16.9. The average molecular weight is 307 g/mol. The first-order chi connectivity index (χ1) is 10.0. The second-order valence-corrected chi connectivity index (χ2v) is 6.76. The highest BCUT2D eigenvalue weighted by Gasteiger charge is 2.40. The molecule has 0 spiro atoms. The smallest absolute Gasteiger partial charge is 0.317 e. The van der Waals surface area contributed by atoms with Crippen molar-refractivity contribution >= 4 is 16.1 Å². The number of nitrogens with zero attached hydrogens (tertiary/aromatic N) is 4. The van der Waals surface area contributed by atoms with E-state index in [2.05, 4.69) is 10.3 Å². The van der Waals surface area contributed by atoms with Gasteiger partial charge in [0.25, 0.3) is 0 Å². The maximum absolute atomic E-state index is 12.6. The van der Waals surface area contributed by atoms with Gasteiger partial charge in [0.05, 0.1) is 6.04 Å². The maximum Gasteiger partial charge on any atom is 0.317 e. The fourth-order valence-electron chi connectivity index (χ4n) is 2.62. The molecule has 3 rings (SSSR count). The van der Waals surface area contributed by atoms with Crippen LogP contribution in [-0.4, -0.2) is 60.9 Å². The van der Waals surface area contributed by atoms with Gasteiger partial charge in [0, 0.05) is 32.4 Å². The van der Waals surface area contributed by atoms with Gasteiger partial charge < -0.3 is 10.2 Å². The minimum Gasteiger partial charge on any atom is -0.336 e. The van der Waals surface area contributed by atoms with Crippen molar-refractivity contribution in [3.05, 3.63) is 24.0 Å². The second-order valence-electron chi connectivity index (χ2n) is 4.86. The summed E-state index contributed by atoms with van der Waals surface area (Å²) >= 11 is 0. The third-order valence-electron chi connectivity index (χ3n) is 3.69. The number of pyridine rings is 1. The molecule has 0 radical (unpaired) electrons. The molecule has 2 fully saturated rings. The number of aromatic nitrogens is 1. The van der Waals surface area contributed by atoms with Gasteiger partial charge in [-0.25, -0.2) is 18.2 Å². The Labute approximate surface area is 122 Å². The molecular weight excluding hydrogens is 294 g/mol. The second kappa shape index (κ2) is 4.98. The number of nitriles is 1. The van der Waals surface area contributed by atoms with E-state index in [-0.39, 0.29) is 35.8 Å². The number of nitrogens with one attached hydrogen (secondary N) is 1. The van der Waals surface area contributed by atoms with Gasteiger partial charge in [-0.05, 0) is 12.1 Å². The van der Waals surface area contributed by atoms with Gasteiger partial charge in [-0.3, -0.25) is 0 Å². The third kappa shape index (κ3) is 2.22. The molecule has 1 aromatic heterocycles. The van der Waals surface area contributed by atoms with Gasteiger partial charge in [-0.2, -0.15) is 9.57 Å². The Bertz CT molecular complexity index is 727. The number of carbonyl (C=O) groups is 1. The number of urea groups is 1. The monoisotopic (exact) mass is 307 g/mol. The molecule has 8 nitrogen and oxygen atoms in total. The van der Waals surface area contributed by atoms with E-state index < -0.39 is 10.0 Å². The van der Waals surface area contributed by atoms with Crippen LogP contribution >= 0.6 is 0 Å². The molecule has 2 amide bonds. The van der Waals surface area contributed by atoms with Crippen molar-refractivity contribution in [2.45, 2.75) is 10.9 Å². The number of carbonyl (C=O) groups excluding carboxylic acids is 1. The van der Waals surface area contributed by atoms with Crippen LogP contribution in [0.15, 0.2) is 23.2 Å². The van der Waals surface area contributed by atoms with Gasteiger partial charge >= 0.3 is 6.03 Å². The molecule has 9 heteroatoms. The Morgan fingerprint density at radius 3 is 3.00 bits per heavy atom. The number of hydrogen-bond acceptors (Lipinski definition) is 5. The number of amides is 2. The summed E-state index contributed by atoms with van der Waals surface area (Å²) < 4.78 is 26.6. The zero-order valence-electron chi connectivity index (χ0n) is 11.1. The molecule has 1 N–H and O–H groups in total. The predicted octanol–water partition coefficient (Wildman–Crippen LogP) is -0.649. The first-order valence-corrected chi connectivity index (χ1v) is 7.88. The van der Waals surface area contributed by atoms with E-state index in [1.54, 1.807) is 11.0 Å². The van der Waals surface area contributed by atoms with E-state index in [9.17, 15) is 13.2 Å². The topological polar surface area (TPSA) is 106 Å².